The van der Waals surface area contributed by atoms with Crippen LogP contribution in [0, 0.1) is 6.92 Å². The van der Waals surface area contributed by atoms with Crippen LogP contribution in [-0.4, -0.2) is 20.9 Å². The van der Waals surface area contributed by atoms with Crippen molar-refractivity contribution < 1.29 is 9.90 Å². The maximum atomic E-state index is 10.2. The zero-order valence-electron chi connectivity index (χ0n) is 8.03. The van der Waals surface area contributed by atoms with E-state index in [0.717, 1.165) is 18.7 Å². The molecule has 1 aromatic rings. The summed E-state index contributed by atoms with van der Waals surface area (Å²) in [6, 6.07) is 0. The number of rotatable bonds is 5. The summed E-state index contributed by atoms with van der Waals surface area (Å²) in [5.41, 5.74) is 0.810. The van der Waals surface area contributed by atoms with Gasteiger partial charge in [-0.2, -0.15) is 5.10 Å². The molecule has 1 N–H and O–H groups in total. The predicted octanol–water partition coefficient (Wildman–Crippen LogP) is 2.10. The van der Waals surface area contributed by atoms with Crippen LogP contribution in [0.3, 0.4) is 0 Å². The molecule has 0 saturated heterocycles. The summed E-state index contributed by atoms with van der Waals surface area (Å²) in [5, 5.41) is 13.2. The minimum Gasteiger partial charge on any atom is -0.481 e. The molecule has 0 aliphatic carbocycles. The van der Waals surface area contributed by atoms with E-state index in [1.165, 1.54) is 0 Å². The second-order valence-electron chi connectivity index (χ2n) is 3.18. The number of aliphatic carboxylic acids is 1. The smallest absolute Gasteiger partial charge is 0.303 e. The molecule has 1 heterocycles. The van der Waals surface area contributed by atoms with Crippen molar-refractivity contribution in [2.24, 2.45) is 0 Å². The van der Waals surface area contributed by atoms with E-state index in [2.05, 4.69) is 5.10 Å². The monoisotopic (exact) mass is 216 g/mol. The van der Waals surface area contributed by atoms with Crippen molar-refractivity contribution in [3.63, 3.8) is 0 Å². The lowest BCUT2D eigenvalue weighted by molar-refractivity contribution is -0.137. The van der Waals surface area contributed by atoms with Crippen molar-refractivity contribution >= 4 is 17.6 Å². The van der Waals surface area contributed by atoms with E-state index >= 15 is 0 Å². The summed E-state index contributed by atoms with van der Waals surface area (Å²) in [7, 11) is 0. The number of nitrogens with zero attached hydrogens (tertiary/aromatic N) is 2. The van der Waals surface area contributed by atoms with E-state index in [0.29, 0.717) is 11.4 Å². The molecular formula is C9H13ClN2O2. The molecule has 0 bridgehead atoms. The molecule has 4 nitrogen and oxygen atoms in total. The van der Waals surface area contributed by atoms with Gasteiger partial charge in [0.15, 0.2) is 0 Å². The number of halogens is 1. The van der Waals surface area contributed by atoms with E-state index in [4.69, 9.17) is 16.7 Å². The van der Waals surface area contributed by atoms with Crippen LogP contribution in [0.25, 0.3) is 0 Å². The van der Waals surface area contributed by atoms with Crippen LogP contribution in [0.2, 0.25) is 5.02 Å². The Labute approximate surface area is 87.5 Å². The molecule has 0 atom stereocenters. The Morgan fingerprint density at radius 2 is 2.36 bits per heavy atom. The van der Waals surface area contributed by atoms with Gasteiger partial charge in [-0.25, -0.2) is 0 Å². The number of aryl methyl sites for hydroxylation is 2. The molecule has 1 rings (SSSR count). The molecule has 0 amide bonds. The standard InChI is InChI=1S/C9H13ClN2O2/c1-7-8(10)6-12(11-7)5-3-2-4-9(13)14/h6H,2-5H2,1H3,(H,13,14). The fraction of sp³-hybridized carbons (Fsp3) is 0.556. The van der Waals surface area contributed by atoms with Gasteiger partial charge < -0.3 is 5.11 Å². The highest BCUT2D eigenvalue weighted by molar-refractivity contribution is 6.31. The number of carbonyl (C=O) groups is 1. The van der Waals surface area contributed by atoms with Crippen molar-refractivity contribution in [3.05, 3.63) is 16.9 Å². The van der Waals surface area contributed by atoms with E-state index in [1.54, 1.807) is 10.9 Å². The zero-order valence-corrected chi connectivity index (χ0v) is 8.79. The highest BCUT2D eigenvalue weighted by atomic mass is 35.5. The largest absolute Gasteiger partial charge is 0.481 e. The lowest BCUT2D eigenvalue weighted by Crippen LogP contribution is -2.00. The van der Waals surface area contributed by atoms with E-state index in [1.807, 2.05) is 6.92 Å². The van der Waals surface area contributed by atoms with Gasteiger partial charge in [-0.05, 0) is 19.8 Å². The van der Waals surface area contributed by atoms with Crippen LogP contribution in [0.15, 0.2) is 6.20 Å². The fourth-order valence-corrected chi connectivity index (χ4v) is 1.31. The number of unbranched alkanes of at least 4 members (excludes halogenated alkanes) is 1. The van der Waals surface area contributed by atoms with Crippen LogP contribution < -0.4 is 0 Å². The summed E-state index contributed by atoms with van der Waals surface area (Å²) in [6.45, 7) is 2.57. The van der Waals surface area contributed by atoms with Gasteiger partial charge in [-0.3, -0.25) is 9.48 Å². The molecular weight excluding hydrogens is 204 g/mol. The van der Waals surface area contributed by atoms with Gasteiger partial charge in [-0.1, -0.05) is 11.6 Å². The molecule has 0 unspecified atom stereocenters. The highest BCUT2D eigenvalue weighted by Gasteiger charge is 2.02. The lowest BCUT2D eigenvalue weighted by Gasteiger charge is -1.99. The molecule has 0 aliphatic rings. The van der Waals surface area contributed by atoms with Crippen molar-refractivity contribution in [1.82, 2.24) is 9.78 Å². The first-order valence-corrected chi connectivity index (χ1v) is 4.88. The number of hydrogen-bond acceptors (Lipinski definition) is 2. The molecule has 1 aromatic heterocycles. The Balaban J connectivity index is 2.28. The third kappa shape index (κ3) is 3.38. The maximum absolute atomic E-state index is 10.2. The van der Waals surface area contributed by atoms with E-state index in [9.17, 15) is 4.79 Å². The first-order chi connectivity index (χ1) is 6.59. The molecule has 0 aliphatic heterocycles. The average molecular weight is 217 g/mol. The van der Waals surface area contributed by atoms with Gasteiger partial charge >= 0.3 is 5.97 Å². The van der Waals surface area contributed by atoms with Crippen LogP contribution in [0.4, 0.5) is 0 Å². The van der Waals surface area contributed by atoms with Gasteiger partial charge in [0.1, 0.15) is 0 Å². The number of hydrogen-bond donors (Lipinski definition) is 1. The molecule has 0 saturated carbocycles. The molecule has 0 radical (unpaired) electrons. The second-order valence-corrected chi connectivity index (χ2v) is 3.58. The minimum absolute atomic E-state index is 0.216. The van der Waals surface area contributed by atoms with Gasteiger partial charge in [0.2, 0.25) is 0 Å². The summed E-state index contributed by atoms with van der Waals surface area (Å²) < 4.78 is 1.75. The quantitative estimate of drug-likeness (QED) is 0.767. The van der Waals surface area contributed by atoms with Crippen LogP contribution in [0.1, 0.15) is 25.0 Å². The van der Waals surface area contributed by atoms with E-state index in [-0.39, 0.29) is 6.42 Å². The van der Waals surface area contributed by atoms with Crippen molar-refractivity contribution in [2.75, 3.05) is 0 Å². The predicted molar refractivity (Wildman–Crippen MR) is 53.5 cm³/mol. The first kappa shape index (κ1) is 11.0. The van der Waals surface area contributed by atoms with Crippen LogP contribution >= 0.6 is 11.6 Å². The number of aromatic nitrogens is 2. The third-order valence-corrected chi connectivity index (χ3v) is 2.29. The Morgan fingerprint density at radius 1 is 1.64 bits per heavy atom. The molecule has 0 aromatic carbocycles. The zero-order chi connectivity index (χ0) is 10.6. The SMILES string of the molecule is Cc1nn(CCCCC(=O)O)cc1Cl. The molecule has 0 fully saturated rings. The van der Waals surface area contributed by atoms with Gasteiger partial charge in [-0.15, -0.1) is 0 Å². The molecule has 0 spiro atoms. The maximum Gasteiger partial charge on any atom is 0.303 e. The normalized spacial score (nSPS) is 10.4. The topological polar surface area (TPSA) is 55.1 Å². The van der Waals surface area contributed by atoms with Crippen LogP contribution in [-0.2, 0) is 11.3 Å². The molecule has 14 heavy (non-hydrogen) atoms. The number of carboxylic acid groups (broad SMARTS) is 1. The second kappa shape index (κ2) is 5.00. The highest BCUT2D eigenvalue weighted by Crippen LogP contribution is 2.12. The third-order valence-electron chi connectivity index (χ3n) is 1.91. The average Bonchev–Trinajstić information content (AvgIpc) is 2.40. The van der Waals surface area contributed by atoms with Crippen molar-refractivity contribution in [1.29, 1.82) is 0 Å². The first-order valence-electron chi connectivity index (χ1n) is 4.51. The van der Waals surface area contributed by atoms with Gasteiger partial charge in [0, 0.05) is 19.2 Å². The molecule has 78 valence electrons. The number of carboxylic acids is 1. The summed E-state index contributed by atoms with van der Waals surface area (Å²) >= 11 is 5.82. The Morgan fingerprint density at radius 3 is 2.86 bits per heavy atom. The summed E-state index contributed by atoms with van der Waals surface area (Å²) in [6.07, 6.45) is 3.46. The van der Waals surface area contributed by atoms with Crippen molar-refractivity contribution in [3.8, 4) is 0 Å². The van der Waals surface area contributed by atoms with E-state index < -0.39 is 5.97 Å². The Kier molecular flexibility index (Phi) is 3.95. The Hall–Kier alpha value is -1.03. The van der Waals surface area contributed by atoms with Gasteiger partial charge in [0.25, 0.3) is 0 Å². The summed E-state index contributed by atoms with van der Waals surface area (Å²) in [5.74, 6) is -0.750. The molecule has 5 heteroatoms. The van der Waals surface area contributed by atoms with Crippen molar-refractivity contribution in [2.45, 2.75) is 32.7 Å². The Bertz CT molecular complexity index is 303. The van der Waals surface area contributed by atoms with Gasteiger partial charge in [0.05, 0.1) is 10.7 Å². The fourth-order valence-electron chi connectivity index (χ4n) is 1.16. The summed E-state index contributed by atoms with van der Waals surface area (Å²) in [4.78, 5) is 10.2. The van der Waals surface area contributed by atoms with Crippen LogP contribution in [0.5, 0.6) is 0 Å². The lowest BCUT2D eigenvalue weighted by atomic mass is 10.2. The minimum atomic E-state index is -0.750.